The molecular formula is C20H18ClN3O2. The molecule has 3 rings (SSSR count). The maximum atomic E-state index is 12.5. The lowest BCUT2D eigenvalue weighted by Gasteiger charge is -2.17. The van der Waals surface area contributed by atoms with E-state index >= 15 is 0 Å². The Morgan fingerprint density at radius 2 is 2.04 bits per heavy atom. The molecule has 2 aromatic rings. The summed E-state index contributed by atoms with van der Waals surface area (Å²) in [5, 5.41) is 12.0. The summed E-state index contributed by atoms with van der Waals surface area (Å²) in [6.45, 7) is 2.42. The molecule has 1 aliphatic heterocycles. The minimum Gasteiger partial charge on any atom is -0.326 e. The number of hydrogen-bond acceptors (Lipinski definition) is 3. The minimum atomic E-state index is -0.428. The Labute approximate surface area is 157 Å². The first-order chi connectivity index (χ1) is 12.5. The van der Waals surface area contributed by atoms with Crippen molar-refractivity contribution < 1.29 is 9.59 Å². The average molecular weight is 368 g/mol. The number of nitriles is 1. The molecule has 0 aromatic heterocycles. The molecule has 0 radical (unpaired) electrons. The Bertz CT molecular complexity index is 887. The van der Waals surface area contributed by atoms with Gasteiger partial charge in [0.2, 0.25) is 11.8 Å². The van der Waals surface area contributed by atoms with E-state index in [0.29, 0.717) is 17.8 Å². The van der Waals surface area contributed by atoms with E-state index in [2.05, 4.69) is 12.2 Å². The Kier molecular flexibility index (Phi) is 5.24. The Hall–Kier alpha value is -2.84. The summed E-state index contributed by atoms with van der Waals surface area (Å²) in [7, 11) is 0. The third-order valence-electron chi connectivity index (χ3n) is 4.51. The van der Waals surface area contributed by atoms with Gasteiger partial charge in [0.1, 0.15) is 6.07 Å². The second kappa shape index (κ2) is 7.59. The summed E-state index contributed by atoms with van der Waals surface area (Å²) in [6.07, 6.45) is 1.11. The van der Waals surface area contributed by atoms with Gasteiger partial charge in [-0.25, -0.2) is 0 Å². The average Bonchev–Trinajstić information content (AvgIpc) is 3.04. The predicted molar refractivity (Wildman–Crippen MR) is 101 cm³/mol. The molecule has 132 valence electrons. The summed E-state index contributed by atoms with van der Waals surface area (Å²) in [6, 6.07) is 14.5. The number of nitrogens with one attached hydrogen (secondary N) is 1. The molecule has 1 atom stereocenters. The first-order valence-electron chi connectivity index (χ1n) is 8.41. The van der Waals surface area contributed by atoms with Crippen molar-refractivity contribution in [2.24, 2.45) is 5.92 Å². The lowest BCUT2D eigenvalue weighted by molar-refractivity contribution is -0.122. The van der Waals surface area contributed by atoms with Gasteiger partial charge in [0, 0.05) is 24.3 Å². The maximum Gasteiger partial charge on any atom is 0.229 e. The normalized spacial score (nSPS) is 16.4. The Morgan fingerprint density at radius 3 is 2.65 bits per heavy atom. The molecule has 0 aliphatic carbocycles. The first kappa shape index (κ1) is 18.0. The summed E-state index contributed by atoms with van der Waals surface area (Å²) >= 11 is 5.99. The van der Waals surface area contributed by atoms with E-state index in [9.17, 15) is 9.59 Å². The molecule has 0 unspecified atom stereocenters. The molecular weight excluding hydrogens is 350 g/mol. The Balaban J connectivity index is 1.68. The molecule has 1 N–H and O–H groups in total. The monoisotopic (exact) mass is 367 g/mol. The van der Waals surface area contributed by atoms with E-state index in [1.807, 2.05) is 30.3 Å². The summed E-state index contributed by atoms with van der Waals surface area (Å²) < 4.78 is 0. The van der Waals surface area contributed by atoms with Crippen LogP contribution in [0, 0.1) is 17.2 Å². The molecule has 1 fully saturated rings. The molecule has 6 heteroatoms. The van der Waals surface area contributed by atoms with Gasteiger partial charge in [0.25, 0.3) is 0 Å². The molecule has 1 heterocycles. The van der Waals surface area contributed by atoms with Crippen LogP contribution in [0.5, 0.6) is 0 Å². The predicted octanol–water partition coefficient (Wildman–Crippen LogP) is 3.77. The second-order valence-corrected chi connectivity index (χ2v) is 6.63. The summed E-state index contributed by atoms with van der Waals surface area (Å²) in [4.78, 5) is 26.5. The standard InChI is InChI=1S/C20H18ClN3O2/c1-2-13-3-7-17(8-4-13)24-12-15(9-19(24)25)20(26)23-16-6-5-14(11-22)18(21)10-16/h3-8,10,15H,2,9,12H2,1H3,(H,23,26)/t15-/m1/s1. The zero-order valence-corrected chi connectivity index (χ0v) is 15.1. The zero-order chi connectivity index (χ0) is 18.7. The molecule has 2 amide bonds. The van der Waals surface area contributed by atoms with Crippen LogP contribution in [0.25, 0.3) is 0 Å². The third kappa shape index (κ3) is 3.71. The van der Waals surface area contributed by atoms with E-state index in [1.165, 1.54) is 11.6 Å². The zero-order valence-electron chi connectivity index (χ0n) is 14.3. The van der Waals surface area contributed by atoms with Gasteiger partial charge in [0.15, 0.2) is 0 Å². The number of rotatable bonds is 4. The van der Waals surface area contributed by atoms with Crippen LogP contribution in [0.1, 0.15) is 24.5 Å². The van der Waals surface area contributed by atoms with Gasteiger partial charge < -0.3 is 10.2 Å². The number of carbonyl (C=O) groups excluding carboxylic acids is 2. The summed E-state index contributed by atoms with van der Waals surface area (Å²) in [5.41, 5.74) is 2.87. The van der Waals surface area contributed by atoms with Crippen molar-refractivity contribution in [2.75, 3.05) is 16.8 Å². The number of anilines is 2. The lowest BCUT2D eigenvalue weighted by atomic mass is 10.1. The van der Waals surface area contributed by atoms with Crippen molar-refractivity contribution in [1.29, 1.82) is 5.26 Å². The third-order valence-corrected chi connectivity index (χ3v) is 4.82. The first-order valence-corrected chi connectivity index (χ1v) is 8.79. The van der Waals surface area contributed by atoms with Crippen molar-refractivity contribution in [3.05, 3.63) is 58.6 Å². The molecule has 1 aliphatic rings. The van der Waals surface area contributed by atoms with E-state index in [0.717, 1.165) is 12.1 Å². The topological polar surface area (TPSA) is 73.2 Å². The largest absolute Gasteiger partial charge is 0.326 e. The van der Waals surface area contributed by atoms with Crippen molar-refractivity contribution in [3.8, 4) is 6.07 Å². The smallest absolute Gasteiger partial charge is 0.229 e. The van der Waals surface area contributed by atoms with Crippen LogP contribution < -0.4 is 10.2 Å². The van der Waals surface area contributed by atoms with Crippen molar-refractivity contribution in [3.63, 3.8) is 0 Å². The molecule has 2 aromatic carbocycles. The number of aryl methyl sites for hydroxylation is 1. The van der Waals surface area contributed by atoms with E-state index < -0.39 is 5.92 Å². The molecule has 0 saturated carbocycles. The van der Waals surface area contributed by atoms with Gasteiger partial charge in [0.05, 0.1) is 16.5 Å². The lowest BCUT2D eigenvalue weighted by Crippen LogP contribution is -2.28. The van der Waals surface area contributed by atoms with Crippen LogP contribution in [0.4, 0.5) is 11.4 Å². The van der Waals surface area contributed by atoms with Gasteiger partial charge in [-0.3, -0.25) is 9.59 Å². The second-order valence-electron chi connectivity index (χ2n) is 6.22. The fourth-order valence-corrected chi connectivity index (χ4v) is 3.19. The fourth-order valence-electron chi connectivity index (χ4n) is 2.97. The van der Waals surface area contributed by atoms with E-state index in [-0.39, 0.29) is 23.3 Å². The number of benzene rings is 2. The highest BCUT2D eigenvalue weighted by atomic mass is 35.5. The highest BCUT2D eigenvalue weighted by Crippen LogP contribution is 2.27. The van der Waals surface area contributed by atoms with Gasteiger partial charge >= 0.3 is 0 Å². The van der Waals surface area contributed by atoms with Crippen LogP contribution in [-0.4, -0.2) is 18.4 Å². The molecule has 0 bridgehead atoms. The van der Waals surface area contributed by atoms with Crippen molar-refractivity contribution >= 4 is 34.8 Å². The van der Waals surface area contributed by atoms with Crippen molar-refractivity contribution in [1.82, 2.24) is 0 Å². The number of nitrogens with zero attached hydrogens (tertiary/aromatic N) is 2. The fraction of sp³-hybridized carbons (Fsp3) is 0.250. The number of carbonyl (C=O) groups is 2. The van der Waals surface area contributed by atoms with Gasteiger partial charge in [-0.2, -0.15) is 5.26 Å². The maximum absolute atomic E-state index is 12.5. The van der Waals surface area contributed by atoms with Gasteiger partial charge in [-0.15, -0.1) is 0 Å². The summed E-state index contributed by atoms with van der Waals surface area (Å²) in [5.74, 6) is -0.721. The molecule has 5 nitrogen and oxygen atoms in total. The van der Waals surface area contributed by atoms with Crippen molar-refractivity contribution in [2.45, 2.75) is 19.8 Å². The van der Waals surface area contributed by atoms with Crippen LogP contribution >= 0.6 is 11.6 Å². The van der Waals surface area contributed by atoms with Crippen LogP contribution in [0.15, 0.2) is 42.5 Å². The molecule has 0 spiro atoms. The molecule has 26 heavy (non-hydrogen) atoms. The number of amides is 2. The highest BCUT2D eigenvalue weighted by molar-refractivity contribution is 6.32. The van der Waals surface area contributed by atoms with Gasteiger partial charge in [-0.05, 0) is 42.3 Å². The SMILES string of the molecule is CCc1ccc(N2C[C@H](C(=O)Nc3ccc(C#N)c(Cl)c3)CC2=O)cc1. The highest BCUT2D eigenvalue weighted by Gasteiger charge is 2.35. The number of halogens is 1. The minimum absolute atomic E-state index is 0.0627. The Morgan fingerprint density at radius 1 is 1.31 bits per heavy atom. The van der Waals surface area contributed by atoms with Crippen LogP contribution in [0.3, 0.4) is 0 Å². The van der Waals surface area contributed by atoms with Gasteiger partial charge in [-0.1, -0.05) is 30.7 Å². The molecule has 1 saturated heterocycles. The number of hydrogen-bond donors (Lipinski definition) is 1. The van der Waals surface area contributed by atoms with Crippen LogP contribution in [0.2, 0.25) is 5.02 Å². The van der Waals surface area contributed by atoms with E-state index in [1.54, 1.807) is 17.0 Å². The van der Waals surface area contributed by atoms with E-state index in [4.69, 9.17) is 16.9 Å². The quantitative estimate of drug-likeness (QED) is 0.894. The van der Waals surface area contributed by atoms with Crippen LogP contribution in [-0.2, 0) is 16.0 Å².